The molecule has 2 aromatic carbocycles. The number of rotatable bonds is 6. The van der Waals surface area contributed by atoms with Crippen LogP contribution in [0.2, 0.25) is 0 Å². The van der Waals surface area contributed by atoms with E-state index in [1.54, 1.807) is 0 Å². The molecule has 1 heterocycles. The number of aryl methyl sites for hydroxylation is 1. The molecule has 148 valence electrons. The average molecular weight is 380 g/mol. The molecule has 5 heteroatoms. The Bertz CT molecular complexity index is 843. The highest BCUT2D eigenvalue weighted by atomic mass is 16.2. The summed E-state index contributed by atoms with van der Waals surface area (Å²) in [4.78, 5) is 25.8. The number of urea groups is 1. The van der Waals surface area contributed by atoms with Gasteiger partial charge >= 0.3 is 6.03 Å². The van der Waals surface area contributed by atoms with Crippen LogP contribution in [0, 0.1) is 6.92 Å². The van der Waals surface area contributed by atoms with E-state index in [2.05, 4.69) is 49.6 Å². The smallest absolute Gasteiger partial charge is 0.315 e. The Morgan fingerprint density at radius 1 is 1.11 bits per heavy atom. The van der Waals surface area contributed by atoms with Gasteiger partial charge in [-0.2, -0.15) is 0 Å². The van der Waals surface area contributed by atoms with E-state index in [4.69, 9.17) is 0 Å². The van der Waals surface area contributed by atoms with E-state index < -0.39 is 0 Å². The lowest BCUT2D eigenvalue weighted by molar-refractivity contribution is -0.117. The molecule has 0 unspecified atom stereocenters. The fourth-order valence-electron chi connectivity index (χ4n) is 3.43. The first-order chi connectivity index (χ1) is 13.3. The van der Waals surface area contributed by atoms with E-state index in [9.17, 15) is 9.59 Å². The lowest BCUT2D eigenvalue weighted by atomic mass is 9.84. The van der Waals surface area contributed by atoms with Crippen LogP contribution in [0.5, 0.6) is 0 Å². The van der Waals surface area contributed by atoms with Gasteiger partial charge in [0.25, 0.3) is 0 Å². The van der Waals surface area contributed by atoms with E-state index >= 15 is 0 Å². The normalized spacial score (nSPS) is 14.2. The van der Waals surface area contributed by atoms with Crippen molar-refractivity contribution in [2.45, 2.75) is 45.6 Å². The minimum Gasteiger partial charge on any atom is -0.337 e. The summed E-state index contributed by atoms with van der Waals surface area (Å²) in [5.41, 5.74) is 4.21. The molecule has 0 radical (unpaired) electrons. The third kappa shape index (κ3) is 4.91. The van der Waals surface area contributed by atoms with Crippen molar-refractivity contribution in [2.75, 3.05) is 18.0 Å². The number of hydrogen-bond acceptors (Lipinski definition) is 2. The summed E-state index contributed by atoms with van der Waals surface area (Å²) >= 11 is 0. The highest BCUT2D eigenvalue weighted by Crippen LogP contribution is 2.23. The van der Waals surface area contributed by atoms with Crippen LogP contribution in [0.15, 0.2) is 48.5 Å². The quantitative estimate of drug-likeness (QED) is 0.800. The highest BCUT2D eigenvalue weighted by molar-refractivity contribution is 5.95. The van der Waals surface area contributed by atoms with Crippen LogP contribution in [0.3, 0.4) is 0 Å². The Balaban J connectivity index is 1.48. The van der Waals surface area contributed by atoms with E-state index in [1.165, 1.54) is 11.1 Å². The Morgan fingerprint density at radius 3 is 2.50 bits per heavy atom. The van der Waals surface area contributed by atoms with Crippen LogP contribution in [0.25, 0.3) is 0 Å². The molecule has 1 fully saturated rings. The second-order valence-electron chi connectivity index (χ2n) is 8.10. The van der Waals surface area contributed by atoms with Crippen molar-refractivity contribution >= 4 is 17.6 Å². The number of nitrogens with one attached hydrogen (secondary N) is 2. The monoisotopic (exact) mass is 379 g/mol. The van der Waals surface area contributed by atoms with Crippen molar-refractivity contribution in [1.82, 2.24) is 10.6 Å². The molecule has 1 aliphatic rings. The van der Waals surface area contributed by atoms with E-state index in [0.717, 1.165) is 24.2 Å². The first kappa shape index (κ1) is 19.9. The Hall–Kier alpha value is -2.82. The fraction of sp³-hybridized carbons (Fsp3) is 0.391. The van der Waals surface area contributed by atoms with Gasteiger partial charge in [0.15, 0.2) is 0 Å². The van der Waals surface area contributed by atoms with Gasteiger partial charge in [-0.15, -0.1) is 0 Å². The van der Waals surface area contributed by atoms with Crippen molar-refractivity contribution in [1.29, 1.82) is 0 Å². The summed E-state index contributed by atoms with van der Waals surface area (Å²) in [6.45, 7) is 8.12. The zero-order chi connectivity index (χ0) is 20.1. The Labute approximate surface area is 167 Å². The van der Waals surface area contributed by atoms with Crippen LogP contribution in [0.4, 0.5) is 10.5 Å². The third-order valence-corrected chi connectivity index (χ3v) is 5.26. The molecule has 0 bridgehead atoms. The average Bonchev–Trinajstić information content (AvgIpc) is 3.11. The first-order valence-electron chi connectivity index (χ1n) is 9.83. The number of amides is 3. The van der Waals surface area contributed by atoms with Crippen LogP contribution >= 0.6 is 0 Å². The SMILES string of the molecule is Cc1cccc(C(C)(C)CNC(=O)NCc2ccc(N3CCCC3=O)cc2)c1. The molecule has 0 atom stereocenters. The number of carbonyl (C=O) groups is 2. The van der Waals surface area contributed by atoms with Gasteiger partial charge in [-0.05, 0) is 36.6 Å². The van der Waals surface area contributed by atoms with Gasteiger partial charge in [0, 0.05) is 37.2 Å². The van der Waals surface area contributed by atoms with Gasteiger partial charge in [-0.3, -0.25) is 4.79 Å². The second-order valence-corrected chi connectivity index (χ2v) is 8.10. The van der Waals surface area contributed by atoms with Crippen LogP contribution in [-0.4, -0.2) is 25.0 Å². The van der Waals surface area contributed by atoms with Gasteiger partial charge in [0.2, 0.25) is 5.91 Å². The van der Waals surface area contributed by atoms with Gasteiger partial charge in [-0.1, -0.05) is 55.8 Å². The minimum absolute atomic E-state index is 0.146. The van der Waals surface area contributed by atoms with Crippen LogP contribution in [0.1, 0.15) is 43.4 Å². The van der Waals surface area contributed by atoms with Gasteiger partial charge in [-0.25, -0.2) is 4.79 Å². The molecular weight excluding hydrogens is 350 g/mol. The molecule has 1 saturated heterocycles. The molecule has 28 heavy (non-hydrogen) atoms. The molecule has 0 spiro atoms. The van der Waals surface area contributed by atoms with Gasteiger partial charge < -0.3 is 15.5 Å². The predicted molar refractivity (Wildman–Crippen MR) is 112 cm³/mol. The van der Waals surface area contributed by atoms with Crippen molar-refractivity contribution in [3.63, 3.8) is 0 Å². The molecule has 5 nitrogen and oxygen atoms in total. The highest BCUT2D eigenvalue weighted by Gasteiger charge is 2.22. The van der Waals surface area contributed by atoms with Crippen molar-refractivity contribution in [2.24, 2.45) is 0 Å². The van der Waals surface area contributed by atoms with Crippen molar-refractivity contribution < 1.29 is 9.59 Å². The van der Waals surface area contributed by atoms with Crippen LogP contribution in [-0.2, 0) is 16.8 Å². The Morgan fingerprint density at radius 2 is 1.86 bits per heavy atom. The maximum absolute atomic E-state index is 12.2. The van der Waals surface area contributed by atoms with Crippen molar-refractivity contribution in [3.8, 4) is 0 Å². The standard InChI is InChI=1S/C23H29N3O2/c1-17-6-4-7-19(14-17)23(2,3)16-25-22(28)24-15-18-9-11-20(12-10-18)26-13-5-8-21(26)27/h4,6-7,9-12,14H,5,8,13,15-16H2,1-3H3,(H2,24,25,28). The number of hydrogen-bond donors (Lipinski definition) is 2. The molecule has 2 N–H and O–H groups in total. The summed E-state index contributed by atoms with van der Waals surface area (Å²) < 4.78 is 0. The van der Waals surface area contributed by atoms with E-state index in [0.29, 0.717) is 19.5 Å². The maximum atomic E-state index is 12.2. The maximum Gasteiger partial charge on any atom is 0.315 e. The molecule has 0 aliphatic carbocycles. The topological polar surface area (TPSA) is 61.4 Å². The largest absolute Gasteiger partial charge is 0.337 e. The van der Waals surface area contributed by atoms with Gasteiger partial charge in [0.1, 0.15) is 0 Å². The summed E-state index contributed by atoms with van der Waals surface area (Å²) in [6.07, 6.45) is 1.55. The van der Waals surface area contributed by atoms with Crippen LogP contribution < -0.4 is 15.5 Å². The molecule has 0 saturated carbocycles. The third-order valence-electron chi connectivity index (χ3n) is 5.26. The van der Waals surface area contributed by atoms with E-state index in [-0.39, 0.29) is 17.4 Å². The van der Waals surface area contributed by atoms with E-state index in [1.807, 2.05) is 35.2 Å². The second kappa shape index (κ2) is 8.46. The van der Waals surface area contributed by atoms with Gasteiger partial charge in [0.05, 0.1) is 0 Å². The number of nitrogens with zero attached hydrogens (tertiary/aromatic N) is 1. The summed E-state index contributed by atoms with van der Waals surface area (Å²) in [5, 5.41) is 5.87. The zero-order valence-corrected chi connectivity index (χ0v) is 16.9. The number of benzene rings is 2. The fourth-order valence-corrected chi connectivity index (χ4v) is 3.43. The van der Waals surface area contributed by atoms with Crippen molar-refractivity contribution in [3.05, 3.63) is 65.2 Å². The number of carbonyl (C=O) groups excluding carboxylic acids is 2. The number of anilines is 1. The summed E-state index contributed by atoms with van der Waals surface area (Å²) in [6, 6.07) is 16.0. The zero-order valence-electron chi connectivity index (χ0n) is 16.9. The Kier molecular flexibility index (Phi) is 6.02. The molecule has 3 rings (SSSR count). The predicted octanol–water partition coefficient (Wildman–Crippen LogP) is 3.90. The molecule has 1 aliphatic heterocycles. The lowest BCUT2D eigenvalue weighted by Gasteiger charge is -2.26. The molecule has 0 aromatic heterocycles. The molecule has 3 amide bonds. The summed E-state index contributed by atoms with van der Waals surface area (Å²) in [7, 11) is 0. The first-order valence-corrected chi connectivity index (χ1v) is 9.83. The summed E-state index contributed by atoms with van der Waals surface area (Å²) in [5.74, 6) is 0.182. The lowest BCUT2D eigenvalue weighted by Crippen LogP contribution is -2.42. The molecular formula is C23H29N3O2. The molecule has 2 aromatic rings. The minimum atomic E-state index is -0.181.